The smallest absolute Gasteiger partial charge is 0.315 e. The number of imidazole rings is 1. The molecule has 50 heavy (non-hydrogen) atoms. The fourth-order valence-electron chi connectivity index (χ4n) is 6.67. The van der Waals surface area contributed by atoms with E-state index in [0.717, 1.165) is 39.7 Å². The van der Waals surface area contributed by atoms with Gasteiger partial charge in [0.15, 0.2) is 0 Å². The molecule has 8 rings (SSSR count). The van der Waals surface area contributed by atoms with Crippen LogP contribution in [0.5, 0.6) is 0 Å². The number of thiophene rings is 1. The Morgan fingerprint density at radius 3 is 2.20 bits per heavy atom. The number of benzene rings is 5. The molecule has 0 bridgehead atoms. The average molecular weight is 848 g/mol. The van der Waals surface area contributed by atoms with Crippen molar-refractivity contribution in [3.63, 3.8) is 0 Å². The van der Waals surface area contributed by atoms with Crippen LogP contribution >= 0.6 is 11.3 Å². The molecule has 0 atom stereocenters. The first-order valence-corrected chi connectivity index (χ1v) is 17.6. The predicted molar refractivity (Wildman–Crippen MR) is 206 cm³/mol. The van der Waals surface area contributed by atoms with Gasteiger partial charge in [-0.2, -0.15) is 11.3 Å². The quantitative estimate of drug-likeness (QED) is 0.143. The van der Waals surface area contributed by atoms with Crippen molar-refractivity contribution in [2.24, 2.45) is 0 Å². The number of hydrogen-bond donors (Lipinski definition) is 0. The molecule has 5 aromatic carbocycles. The molecule has 8 aromatic rings. The van der Waals surface area contributed by atoms with Crippen LogP contribution in [0.25, 0.3) is 48.4 Å². The number of fused-ring (bicyclic) bond motifs is 3. The first kappa shape index (κ1) is 33.7. The Hall–Kier alpha value is -4.83. The Bertz CT molecular complexity index is 2400. The van der Waals surface area contributed by atoms with Gasteiger partial charge in [-0.3, -0.25) is 9.97 Å². The van der Waals surface area contributed by atoms with Crippen molar-refractivity contribution >= 4 is 48.7 Å². The van der Waals surface area contributed by atoms with E-state index >= 15 is 0 Å². The molecule has 0 fully saturated rings. The normalized spacial score (nSPS) is 11.4. The van der Waals surface area contributed by atoms with Crippen LogP contribution in [0.4, 0.5) is 17.2 Å². The molecule has 0 aliphatic carbocycles. The molecular formula is C44H36N4PtS. The maximum absolute atomic E-state index is 5.28. The van der Waals surface area contributed by atoms with Gasteiger partial charge in [0.1, 0.15) is 5.82 Å². The number of hydrogen-bond acceptors (Lipinski definition) is 4. The van der Waals surface area contributed by atoms with E-state index in [1.54, 1.807) is 11.3 Å². The fraction of sp³-hybridized carbons (Fsp3) is 0.136. The molecule has 0 saturated heterocycles. The van der Waals surface area contributed by atoms with Crippen molar-refractivity contribution in [2.75, 3.05) is 4.90 Å². The van der Waals surface area contributed by atoms with E-state index in [4.69, 9.17) is 9.97 Å². The van der Waals surface area contributed by atoms with Gasteiger partial charge in [0.25, 0.3) is 0 Å². The van der Waals surface area contributed by atoms with E-state index in [1.165, 1.54) is 37.0 Å². The molecule has 0 radical (unpaired) electrons. The molecule has 3 aromatic heterocycles. The summed E-state index contributed by atoms with van der Waals surface area (Å²) in [6, 6.07) is 49.4. The largest absolute Gasteiger partial charge is 2.00 e. The van der Waals surface area contributed by atoms with Gasteiger partial charge in [-0.15, -0.1) is 53.6 Å². The minimum absolute atomic E-state index is 0. The summed E-state index contributed by atoms with van der Waals surface area (Å²) in [5.74, 6) is 1.59. The van der Waals surface area contributed by atoms with Crippen molar-refractivity contribution in [2.45, 2.75) is 39.5 Å². The zero-order valence-corrected chi connectivity index (χ0v) is 31.5. The van der Waals surface area contributed by atoms with Gasteiger partial charge in [-0.25, -0.2) is 0 Å². The Morgan fingerprint density at radius 1 is 0.700 bits per heavy atom. The predicted octanol–water partition coefficient (Wildman–Crippen LogP) is 12.3. The van der Waals surface area contributed by atoms with E-state index in [9.17, 15) is 0 Å². The van der Waals surface area contributed by atoms with Crippen molar-refractivity contribution in [1.82, 2.24) is 14.5 Å². The minimum Gasteiger partial charge on any atom is -0.315 e. The second-order valence-electron chi connectivity index (χ2n) is 13.0. The summed E-state index contributed by atoms with van der Waals surface area (Å²) in [7, 11) is 0. The summed E-state index contributed by atoms with van der Waals surface area (Å²) in [4.78, 5) is 12.3. The molecule has 0 saturated carbocycles. The van der Waals surface area contributed by atoms with Crippen LogP contribution in [0.3, 0.4) is 0 Å². The molecule has 3 heterocycles. The maximum atomic E-state index is 5.28. The van der Waals surface area contributed by atoms with Crippen molar-refractivity contribution in [3.8, 4) is 28.2 Å². The second kappa shape index (κ2) is 14.2. The number of rotatable bonds is 8. The molecule has 248 valence electrons. The van der Waals surface area contributed by atoms with Gasteiger partial charge in [-0.1, -0.05) is 99.8 Å². The molecule has 0 unspecified atom stereocenters. The number of anilines is 3. The number of nitrogens with zero attached hydrogens (tertiary/aromatic N) is 4. The van der Waals surface area contributed by atoms with Gasteiger partial charge in [0.2, 0.25) is 0 Å². The van der Waals surface area contributed by atoms with Gasteiger partial charge in [0, 0.05) is 16.1 Å². The summed E-state index contributed by atoms with van der Waals surface area (Å²) in [6.45, 7) is 9.00. The third-order valence-electron chi connectivity index (χ3n) is 9.05. The van der Waals surface area contributed by atoms with E-state index < -0.39 is 0 Å². The molecule has 6 heteroatoms. The summed E-state index contributed by atoms with van der Waals surface area (Å²) in [6.07, 6.45) is 4.07. The molecule has 0 aliphatic heterocycles. The van der Waals surface area contributed by atoms with Crippen LogP contribution in [0.2, 0.25) is 0 Å². The molecule has 0 N–H and O–H groups in total. The third kappa shape index (κ3) is 6.21. The van der Waals surface area contributed by atoms with Gasteiger partial charge < -0.3 is 9.47 Å². The minimum atomic E-state index is 0. The molecule has 0 spiro atoms. The van der Waals surface area contributed by atoms with E-state index in [0.29, 0.717) is 11.8 Å². The Morgan fingerprint density at radius 2 is 1.42 bits per heavy atom. The zero-order chi connectivity index (χ0) is 33.5. The number of aromatic nitrogens is 3. The average Bonchev–Trinajstić information content (AvgIpc) is 3.78. The van der Waals surface area contributed by atoms with Crippen LogP contribution in [0.15, 0.2) is 134 Å². The van der Waals surface area contributed by atoms with E-state index in [2.05, 4.69) is 165 Å². The van der Waals surface area contributed by atoms with Crippen LogP contribution in [0.1, 0.15) is 50.7 Å². The first-order valence-electron chi connectivity index (χ1n) is 16.8. The maximum Gasteiger partial charge on any atom is 2.00 e. The van der Waals surface area contributed by atoms with E-state index in [1.807, 2.05) is 18.5 Å². The summed E-state index contributed by atoms with van der Waals surface area (Å²) in [5, 5.41) is 2.50. The summed E-state index contributed by atoms with van der Waals surface area (Å²) >= 11 is 1.79. The Kier molecular flexibility index (Phi) is 9.55. The fourth-order valence-corrected chi connectivity index (χ4v) is 7.88. The van der Waals surface area contributed by atoms with Gasteiger partial charge >= 0.3 is 21.1 Å². The van der Waals surface area contributed by atoms with Crippen LogP contribution < -0.4 is 4.90 Å². The number of pyridine rings is 1. The third-order valence-corrected chi connectivity index (χ3v) is 10.3. The van der Waals surface area contributed by atoms with Gasteiger partial charge in [-0.05, 0) is 74.9 Å². The van der Waals surface area contributed by atoms with Crippen LogP contribution in [-0.2, 0) is 21.1 Å². The van der Waals surface area contributed by atoms with Crippen LogP contribution in [0, 0.1) is 12.1 Å². The first-order chi connectivity index (χ1) is 24.0. The van der Waals surface area contributed by atoms with Crippen molar-refractivity contribution < 1.29 is 21.1 Å². The Balaban J connectivity index is 0.00000392. The number of para-hydroxylation sites is 2. The zero-order valence-electron chi connectivity index (χ0n) is 28.4. The van der Waals surface area contributed by atoms with Crippen LogP contribution in [-0.4, -0.2) is 14.5 Å². The summed E-state index contributed by atoms with van der Waals surface area (Å²) < 4.78 is 4.65. The Labute approximate surface area is 312 Å². The summed E-state index contributed by atoms with van der Waals surface area (Å²) in [5.41, 5.74) is 9.44. The van der Waals surface area contributed by atoms with Crippen molar-refractivity contribution in [1.29, 1.82) is 0 Å². The molecule has 0 aliphatic rings. The van der Waals surface area contributed by atoms with E-state index in [-0.39, 0.29) is 21.1 Å². The topological polar surface area (TPSA) is 34.0 Å². The SMILES string of the molecule is CC(C)c1cccc(C(C)C)c1-n1cnc(-c2[c-]c(N(c3ccccc3)c3cccc(-c4[c-]ccc5c4sc4ccccc45)n3)ccc2)c1.[Pt+2]. The monoisotopic (exact) mass is 847 g/mol. The molecular weight excluding hydrogens is 812 g/mol. The van der Waals surface area contributed by atoms with Gasteiger partial charge in [0.05, 0.1) is 12.0 Å². The second-order valence-corrected chi connectivity index (χ2v) is 14.0. The molecule has 0 amide bonds. The standard InChI is InChI=1S/C44H36N4S.Pt/c1-29(2)34-19-11-20-35(30(3)4)43(34)47-27-40(45-28-47)31-14-10-17-33(26-31)48(32-15-6-5-7-16-32)42-25-13-23-39(46-42)38-22-12-21-37-36-18-8-9-24-41(36)49-44(37)38;/h5-21,23-25,27-30H,1-4H3;/q-2;+2. The molecule has 4 nitrogen and oxygen atoms in total. The van der Waals surface area contributed by atoms with Crippen molar-refractivity contribution in [3.05, 3.63) is 157 Å².